The first-order chi connectivity index (χ1) is 11.0. The van der Waals surface area contributed by atoms with E-state index >= 15 is 0 Å². The average molecular weight is 349 g/mol. The minimum absolute atomic E-state index is 0.0260. The molecular formula is C17H17ClN2O2S. The number of halogens is 1. The Morgan fingerprint density at radius 1 is 1.09 bits per heavy atom. The zero-order valence-electron chi connectivity index (χ0n) is 12.5. The Morgan fingerprint density at radius 3 is 2.35 bits per heavy atom. The summed E-state index contributed by atoms with van der Waals surface area (Å²) in [5.41, 5.74) is 6.38. The third-order valence-corrected chi connectivity index (χ3v) is 5.50. The fourth-order valence-corrected chi connectivity index (χ4v) is 3.85. The summed E-state index contributed by atoms with van der Waals surface area (Å²) in [6.45, 7) is 1.17. The van der Waals surface area contributed by atoms with Gasteiger partial charge in [0.2, 0.25) is 5.91 Å². The molecular weight excluding hydrogens is 332 g/mol. The van der Waals surface area contributed by atoms with E-state index < -0.39 is 0 Å². The molecule has 1 aromatic carbocycles. The molecule has 0 spiro atoms. The molecule has 1 aliphatic heterocycles. The topological polar surface area (TPSA) is 63.4 Å². The van der Waals surface area contributed by atoms with Crippen LogP contribution in [0.15, 0.2) is 36.4 Å². The normalized spacial score (nSPS) is 15.6. The van der Waals surface area contributed by atoms with Gasteiger partial charge in [0.1, 0.15) is 0 Å². The molecule has 1 aliphatic rings. The monoisotopic (exact) mass is 348 g/mol. The lowest BCUT2D eigenvalue weighted by Crippen LogP contribution is -2.41. The molecule has 2 amide bonds. The predicted molar refractivity (Wildman–Crippen MR) is 92.6 cm³/mol. The Balaban J connectivity index is 1.69. The molecule has 2 aromatic rings. The zero-order valence-corrected chi connectivity index (χ0v) is 14.1. The van der Waals surface area contributed by atoms with Crippen molar-refractivity contribution in [2.45, 2.75) is 12.8 Å². The van der Waals surface area contributed by atoms with Crippen LogP contribution in [0.5, 0.6) is 0 Å². The van der Waals surface area contributed by atoms with E-state index in [-0.39, 0.29) is 17.7 Å². The van der Waals surface area contributed by atoms with Gasteiger partial charge in [-0.05, 0) is 42.7 Å². The molecule has 0 atom stereocenters. The third-order valence-electron chi connectivity index (χ3n) is 4.13. The summed E-state index contributed by atoms with van der Waals surface area (Å²) in [4.78, 5) is 27.3. The van der Waals surface area contributed by atoms with Crippen molar-refractivity contribution in [2.24, 2.45) is 11.7 Å². The lowest BCUT2D eigenvalue weighted by Gasteiger charge is -2.30. The van der Waals surface area contributed by atoms with Crippen LogP contribution in [0.3, 0.4) is 0 Å². The molecule has 120 valence electrons. The van der Waals surface area contributed by atoms with Gasteiger partial charge in [0.25, 0.3) is 5.91 Å². The van der Waals surface area contributed by atoms with Crippen molar-refractivity contribution in [2.75, 3.05) is 13.1 Å². The Bertz CT molecular complexity index is 718. The van der Waals surface area contributed by atoms with E-state index in [1.54, 1.807) is 4.90 Å². The van der Waals surface area contributed by atoms with Crippen LogP contribution in [0.25, 0.3) is 10.4 Å². The van der Waals surface area contributed by atoms with Crippen LogP contribution in [0.1, 0.15) is 22.5 Å². The maximum Gasteiger partial charge on any atom is 0.263 e. The van der Waals surface area contributed by atoms with Gasteiger partial charge in [0, 0.05) is 28.9 Å². The number of thiophene rings is 1. The van der Waals surface area contributed by atoms with Gasteiger partial charge in [-0.3, -0.25) is 9.59 Å². The molecule has 3 rings (SSSR count). The second-order valence-corrected chi connectivity index (χ2v) is 7.16. The molecule has 2 heterocycles. The standard InChI is InChI=1S/C17H17ClN2O2S/c18-13-3-1-11(2-4-13)14-5-6-15(23-14)17(22)20-9-7-12(8-10-20)16(19)21/h1-6,12H,7-10H2,(H2,19,21). The van der Waals surface area contributed by atoms with Crippen molar-refractivity contribution in [3.05, 3.63) is 46.3 Å². The lowest BCUT2D eigenvalue weighted by molar-refractivity contribution is -0.123. The van der Waals surface area contributed by atoms with Crippen LogP contribution in [0.4, 0.5) is 0 Å². The Hall–Kier alpha value is -1.85. The van der Waals surface area contributed by atoms with Crippen molar-refractivity contribution in [3.8, 4) is 10.4 Å². The second-order valence-electron chi connectivity index (χ2n) is 5.64. The Morgan fingerprint density at radius 2 is 1.74 bits per heavy atom. The van der Waals surface area contributed by atoms with Crippen LogP contribution in [0, 0.1) is 5.92 Å². The van der Waals surface area contributed by atoms with Gasteiger partial charge in [-0.25, -0.2) is 0 Å². The van der Waals surface area contributed by atoms with E-state index in [1.807, 2.05) is 36.4 Å². The number of carbonyl (C=O) groups excluding carboxylic acids is 2. The number of primary amides is 1. The van der Waals surface area contributed by atoms with E-state index in [1.165, 1.54) is 11.3 Å². The first-order valence-corrected chi connectivity index (χ1v) is 8.68. The minimum Gasteiger partial charge on any atom is -0.369 e. The first-order valence-electron chi connectivity index (χ1n) is 7.49. The second kappa shape index (κ2) is 6.72. The molecule has 0 bridgehead atoms. The fraction of sp³-hybridized carbons (Fsp3) is 0.294. The van der Waals surface area contributed by atoms with Gasteiger partial charge < -0.3 is 10.6 Å². The highest BCUT2D eigenvalue weighted by Crippen LogP contribution is 2.30. The molecule has 1 aromatic heterocycles. The van der Waals surface area contributed by atoms with E-state index in [4.69, 9.17) is 17.3 Å². The quantitative estimate of drug-likeness (QED) is 0.923. The lowest BCUT2D eigenvalue weighted by atomic mass is 9.96. The number of nitrogens with two attached hydrogens (primary N) is 1. The smallest absolute Gasteiger partial charge is 0.263 e. The molecule has 1 saturated heterocycles. The number of rotatable bonds is 3. The molecule has 23 heavy (non-hydrogen) atoms. The number of hydrogen-bond acceptors (Lipinski definition) is 3. The molecule has 1 fully saturated rings. The van der Waals surface area contributed by atoms with E-state index in [2.05, 4.69) is 0 Å². The predicted octanol–water partition coefficient (Wildman–Crippen LogP) is 3.41. The molecule has 0 unspecified atom stereocenters. The number of benzene rings is 1. The summed E-state index contributed by atoms with van der Waals surface area (Å²) in [6.07, 6.45) is 1.30. The number of hydrogen-bond donors (Lipinski definition) is 1. The van der Waals surface area contributed by atoms with Crippen LogP contribution in [-0.2, 0) is 4.79 Å². The van der Waals surface area contributed by atoms with Gasteiger partial charge in [0.05, 0.1) is 4.88 Å². The average Bonchev–Trinajstić information content (AvgIpc) is 3.05. The van der Waals surface area contributed by atoms with Crippen LogP contribution in [-0.4, -0.2) is 29.8 Å². The van der Waals surface area contributed by atoms with Gasteiger partial charge >= 0.3 is 0 Å². The van der Waals surface area contributed by atoms with Gasteiger partial charge in [-0.1, -0.05) is 23.7 Å². The zero-order chi connectivity index (χ0) is 16.4. The van der Waals surface area contributed by atoms with Gasteiger partial charge in [-0.15, -0.1) is 11.3 Å². The molecule has 2 N–H and O–H groups in total. The number of likely N-dealkylation sites (tertiary alicyclic amines) is 1. The highest BCUT2D eigenvalue weighted by atomic mass is 35.5. The Labute approximate surface area is 143 Å². The van der Waals surface area contributed by atoms with Crippen LogP contribution >= 0.6 is 22.9 Å². The number of amides is 2. The largest absolute Gasteiger partial charge is 0.369 e. The molecule has 6 heteroatoms. The number of nitrogens with zero attached hydrogens (tertiary/aromatic N) is 1. The van der Waals surface area contributed by atoms with E-state index in [0.717, 1.165) is 10.4 Å². The number of carbonyl (C=O) groups is 2. The van der Waals surface area contributed by atoms with Gasteiger partial charge in [-0.2, -0.15) is 0 Å². The highest BCUT2D eigenvalue weighted by Gasteiger charge is 2.27. The molecule has 0 saturated carbocycles. The third kappa shape index (κ3) is 3.57. The SMILES string of the molecule is NC(=O)C1CCN(C(=O)c2ccc(-c3ccc(Cl)cc3)s2)CC1. The van der Waals surface area contributed by atoms with Crippen LogP contribution in [0.2, 0.25) is 5.02 Å². The fourth-order valence-electron chi connectivity index (χ4n) is 2.75. The van der Waals surface area contributed by atoms with Gasteiger partial charge in [0.15, 0.2) is 0 Å². The maximum absolute atomic E-state index is 12.6. The Kier molecular flexibility index (Phi) is 4.68. The van der Waals surface area contributed by atoms with Crippen molar-refractivity contribution in [1.29, 1.82) is 0 Å². The van der Waals surface area contributed by atoms with Crippen molar-refractivity contribution in [3.63, 3.8) is 0 Å². The highest BCUT2D eigenvalue weighted by molar-refractivity contribution is 7.17. The minimum atomic E-state index is -0.266. The maximum atomic E-state index is 12.6. The summed E-state index contributed by atoms with van der Waals surface area (Å²) in [7, 11) is 0. The summed E-state index contributed by atoms with van der Waals surface area (Å²) in [6, 6.07) is 11.4. The summed E-state index contributed by atoms with van der Waals surface area (Å²) in [5.74, 6) is -0.344. The van der Waals surface area contributed by atoms with E-state index in [9.17, 15) is 9.59 Å². The van der Waals surface area contributed by atoms with Crippen molar-refractivity contribution < 1.29 is 9.59 Å². The summed E-state index contributed by atoms with van der Waals surface area (Å²) < 4.78 is 0. The number of piperidine rings is 1. The molecule has 0 aliphatic carbocycles. The summed E-state index contributed by atoms with van der Waals surface area (Å²) in [5, 5.41) is 0.693. The molecule has 4 nitrogen and oxygen atoms in total. The van der Waals surface area contributed by atoms with Crippen LogP contribution < -0.4 is 5.73 Å². The van der Waals surface area contributed by atoms with Crippen molar-refractivity contribution in [1.82, 2.24) is 4.90 Å². The van der Waals surface area contributed by atoms with Crippen molar-refractivity contribution >= 4 is 34.8 Å². The van der Waals surface area contributed by atoms with E-state index in [0.29, 0.717) is 35.8 Å². The summed E-state index contributed by atoms with van der Waals surface area (Å²) >= 11 is 7.37. The molecule has 0 radical (unpaired) electrons. The first kappa shape index (κ1) is 16.0.